The molecule has 2 N–H and O–H groups in total. The van der Waals surface area contributed by atoms with Crippen molar-refractivity contribution in [3.63, 3.8) is 0 Å². The third-order valence-electron chi connectivity index (χ3n) is 2.76. The van der Waals surface area contributed by atoms with Gasteiger partial charge in [0.15, 0.2) is 0 Å². The van der Waals surface area contributed by atoms with Crippen LogP contribution in [0.5, 0.6) is 5.75 Å². The van der Waals surface area contributed by atoms with Gasteiger partial charge in [-0.25, -0.2) is 4.79 Å². The number of carboxylic acid groups (broad SMARTS) is 1. The Kier molecular flexibility index (Phi) is 2.98. The summed E-state index contributed by atoms with van der Waals surface area (Å²) in [6.07, 6.45) is 0.592. The van der Waals surface area contributed by atoms with Gasteiger partial charge >= 0.3 is 5.97 Å². The number of hydrogen-bond acceptors (Lipinski definition) is 2. The first-order valence-corrected chi connectivity index (χ1v) is 5.58. The van der Waals surface area contributed by atoms with E-state index in [9.17, 15) is 4.79 Å². The second kappa shape index (κ2) is 4.30. The summed E-state index contributed by atoms with van der Waals surface area (Å²) < 4.78 is 5.13. The summed E-state index contributed by atoms with van der Waals surface area (Å²) in [6.45, 7) is 1.89. The lowest BCUT2D eigenvalue weighted by Gasteiger charge is -2.04. The van der Waals surface area contributed by atoms with Gasteiger partial charge in [-0.3, -0.25) is 0 Å². The molecular formula is C12H12ClNO3. The molecular weight excluding hydrogens is 242 g/mol. The largest absolute Gasteiger partial charge is 0.495 e. The second-order valence-corrected chi connectivity index (χ2v) is 4.02. The SMILES string of the molecule is CCc1c(C(=O)O)[nH]c2ccc(OC)c(Cl)c12. The lowest BCUT2D eigenvalue weighted by Crippen LogP contribution is -2.00. The molecule has 2 rings (SSSR count). The van der Waals surface area contributed by atoms with Gasteiger partial charge in [0.2, 0.25) is 0 Å². The fraction of sp³-hybridized carbons (Fsp3) is 0.250. The van der Waals surface area contributed by atoms with Crippen LogP contribution < -0.4 is 4.74 Å². The maximum Gasteiger partial charge on any atom is 0.352 e. The van der Waals surface area contributed by atoms with E-state index in [1.807, 2.05) is 6.92 Å². The number of fused-ring (bicyclic) bond motifs is 1. The first-order valence-electron chi connectivity index (χ1n) is 5.20. The zero-order valence-corrected chi connectivity index (χ0v) is 10.3. The highest BCUT2D eigenvalue weighted by atomic mass is 35.5. The van der Waals surface area contributed by atoms with Crippen molar-refractivity contribution in [2.45, 2.75) is 13.3 Å². The van der Waals surface area contributed by atoms with Crippen molar-refractivity contribution < 1.29 is 14.6 Å². The molecule has 0 fully saturated rings. The van der Waals surface area contributed by atoms with Crippen LogP contribution in [0.15, 0.2) is 12.1 Å². The molecule has 90 valence electrons. The third-order valence-corrected chi connectivity index (χ3v) is 3.13. The second-order valence-electron chi connectivity index (χ2n) is 3.64. The van der Waals surface area contributed by atoms with Gasteiger partial charge in [0.1, 0.15) is 11.4 Å². The van der Waals surface area contributed by atoms with Crippen LogP contribution in [-0.2, 0) is 6.42 Å². The van der Waals surface area contributed by atoms with Gasteiger partial charge < -0.3 is 14.8 Å². The Morgan fingerprint density at radius 3 is 2.76 bits per heavy atom. The summed E-state index contributed by atoms with van der Waals surface area (Å²) in [5.74, 6) is -0.433. The third kappa shape index (κ3) is 1.74. The molecule has 0 unspecified atom stereocenters. The van der Waals surface area contributed by atoms with Crippen molar-refractivity contribution >= 4 is 28.5 Å². The van der Waals surface area contributed by atoms with E-state index < -0.39 is 5.97 Å². The van der Waals surface area contributed by atoms with E-state index >= 15 is 0 Å². The number of hydrogen-bond donors (Lipinski definition) is 2. The Balaban J connectivity index is 2.84. The van der Waals surface area contributed by atoms with Crippen molar-refractivity contribution in [2.24, 2.45) is 0 Å². The van der Waals surface area contributed by atoms with Gasteiger partial charge in [-0.05, 0) is 24.1 Å². The maximum absolute atomic E-state index is 11.1. The smallest absolute Gasteiger partial charge is 0.352 e. The van der Waals surface area contributed by atoms with E-state index in [1.165, 1.54) is 7.11 Å². The fourth-order valence-electron chi connectivity index (χ4n) is 1.99. The van der Waals surface area contributed by atoms with Gasteiger partial charge in [-0.2, -0.15) is 0 Å². The number of rotatable bonds is 3. The van der Waals surface area contributed by atoms with E-state index in [4.69, 9.17) is 21.4 Å². The Morgan fingerprint density at radius 1 is 1.53 bits per heavy atom. The average molecular weight is 254 g/mol. The van der Waals surface area contributed by atoms with Crippen molar-refractivity contribution in [2.75, 3.05) is 7.11 Å². The predicted molar refractivity (Wildman–Crippen MR) is 66.2 cm³/mol. The average Bonchev–Trinajstić information content (AvgIpc) is 2.69. The number of aryl methyl sites for hydroxylation is 1. The Labute approximate surface area is 103 Å². The number of aromatic carboxylic acids is 1. The van der Waals surface area contributed by atoms with Crippen molar-refractivity contribution in [3.8, 4) is 5.75 Å². The lowest BCUT2D eigenvalue weighted by atomic mass is 10.1. The molecule has 0 saturated heterocycles. The monoisotopic (exact) mass is 253 g/mol. The number of carbonyl (C=O) groups is 1. The molecule has 1 heterocycles. The molecule has 0 aliphatic carbocycles. The number of nitrogens with one attached hydrogen (secondary N) is 1. The minimum absolute atomic E-state index is 0.192. The highest BCUT2D eigenvalue weighted by Crippen LogP contribution is 2.36. The Morgan fingerprint density at radius 2 is 2.24 bits per heavy atom. The van der Waals surface area contributed by atoms with Crippen LogP contribution in [0.3, 0.4) is 0 Å². The molecule has 0 saturated carbocycles. The van der Waals surface area contributed by atoms with Crippen LogP contribution in [0.25, 0.3) is 10.9 Å². The first kappa shape index (κ1) is 11.8. The molecule has 4 nitrogen and oxygen atoms in total. The quantitative estimate of drug-likeness (QED) is 0.884. The van der Waals surface area contributed by atoms with E-state index in [0.717, 1.165) is 5.39 Å². The minimum atomic E-state index is -0.979. The summed E-state index contributed by atoms with van der Waals surface area (Å²) in [4.78, 5) is 14.0. The number of aromatic nitrogens is 1. The molecule has 2 aromatic rings. The summed E-state index contributed by atoms with van der Waals surface area (Å²) >= 11 is 6.21. The highest BCUT2D eigenvalue weighted by molar-refractivity contribution is 6.37. The molecule has 5 heteroatoms. The number of halogens is 1. The minimum Gasteiger partial charge on any atom is -0.495 e. The summed E-state index contributed by atoms with van der Waals surface area (Å²) in [7, 11) is 1.53. The van der Waals surface area contributed by atoms with Gasteiger partial charge in [0.05, 0.1) is 12.1 Å². The van der Waals surface area contributed by atoms with E-state index in [-0.39, 0.29) is 5.69 Å². The molecule has 17 heavy (non-hydrogen) atoms. The lowest BCUT2D eigenvalue weighted by molar-refractivity contribution is 0.0690. The summed E-state index contributed by atoms with van der Waals surface area (Å²) in [5, 5.41) is 10.3. The summed E-state index contributed by atoms with van der Waals surface area (Å²) in [6, 6.07) is 3.48. The number of ether oxygens (including phenoxy) is 1. The van der Waals surface area contributed by atoms with Crippen LogP contribution in [0.2, 0.25) is 5.02 Å². The fourth-order valence-corrected chi connectivity index (χ4v) is 2.34. The standard InChI is InChI=1S/C12H12ClNO3/c1-3-6-9-7(14-11(6)12(15)16)4-5-8(17-2)10(9)13/h4-5,14H,3H2,1-2H3,(H,15,16). The van der Waals surface area contributed by atoms with E-state index in [2.05, 4.69) is 4.98 Å². The zero-order chi connectivity index (χ0) is 12.6. The predicted octanol–water partition coefficient (Wildman–Crippen LogP) is 3.09. The Bertz CT molecular complexity index is 589. The topological polar surface area (TPSA) is 62.3 Å². The van der Waals surface area contributed by atoms with Gasteiger partial charge in [-0.1, -0.05) is 18.5 Å². The first-order chi connectivity index (χ1) is 8.10. The number of benzene rings is 1. The molecule has 0 aliphatic heterocycles. The molecule has 0 spiro atoms. The van der Waals surface area contributed by atoms with Crippen molar-refractivity contribution in [3.05, 3.63) is 28.4 Å². The Hall–Kier alpha value is -1.68. The van der Waals surface area contributed by atoms with E-state index in [0.29, 0.717) is 28.3 Å². The number of methoxy groups -OCH3 is 1. The highest BCUT2D eigenvalue weighted by Gasteiger charge is 2.19. The molecule has 0 bridgehead atoms. The normalized spacial score (nSPS) is 10.8. The van der Waals surface area contributed by atoms with Crippen molar-refractivity contribution in [1.82, 2.24) is 4.98 Å². The van der Waals surface area contributed by atoms with E-state index in [1.54, 1.807) is 12.1 Å². The number of H-pyrrole nitrogens is 1. The van der Waals surface area contributed by atoms with Gasteiger partial charge in [0.25, 0.3) is 0 Å². The van der Waals surface area contributed by atoms with Crippen LogP contribution in [-0.4, -0.2) is 23.2 Å². The molecule has 0 amide bonds. The van der Waals surface area contributed by atoms with Crippen LogP contribution in [0.4, 0.5) is 0 Å². The van der Waals surface area contributed by atoms with Crippen LogP contribution in [0.1, 0.15) is 23.0 Å². The zero-order valence-electron chi connectivity index (χ0n) is 9.50. The molecule has 0 radical (unpaired) electrons. The van der Waals surface area contributed by atoms with Crippen LogP contribution >= 0.6 is 11.6 Å². The summed E-state index contributed by atoms with van der Waals surface area (Å²) in [5.41, 5.74) is 1.61. The number of carboxylic acids is 1. The van der Waals surface area contributed by atoms with Gasteiger partial charge in [-0.15, -0.1) is 0 Å². The van der Waals surface area contributed by atoms with Gasteiger partial charge in [0, 0.05) is 10.9 Å². The van der Waals surface area contributed by atoms with Crippen molar-refractivity contribution in [1.29, 1.82) is 0 Å². The molecule has 1 aromatic carbocycles. The number of aromatic amines is 1. The molecule has 1 aromatic heterocycles. The molecule has 0 aliphatic rings. The van der Waals surface area contributed by atoms with Crippen LogP contribution in [0, 0.1) is 0 Å². The molecule has 0 atom stereocenters. The maximum atomic E-state index is 11.1.